The molecule has 27 heavy (non-hydrogen) atoms. The van der Waals surface area contributed by atoms with Crippen LogP contribution in [0.3, 0.4) is 0 Å². The van der Waals surface area contributed by atoms with Gasteiger partial charge in [-0.3, -0.25) is 0 Å². The molecule has 1 saturated carbocycles. The zero-order valence-corrected chi connectivity index (χ0v) is 18.5. The fourth-order valence-corrected chi connectivity index (χ4v) is 15.4. The summed E-state index contributed by atoms with van der Waals surface area (Å²) in [5.74, 6) is 0. The van der Waals surface area contributed by atoms with Gasteiger partial charge in [0.25, 0.3) is 0 Å². The summed E-state index contributed by atoms with van der Waals surface area (Å²) in [6, 6.07) is 35.4. The average Bonchev–Trinajstić information content (AvgIpc) is 3.51. The van der Waals surface area contributed by atoms with Gasteiger partial charge in [0.1, 0.15) is 0 Å². The molecule has 5 rings (SSSR count). The van der Waals surface area contributed by atoms with Gasteiger partial charge in [-0.05, 0) is 0 Å². The van der Waals surface area contributed by atoms with E-state index < -0.39 is 4.40 Å². The van der Waals surface area contributed by atoms with Crippen molar-refractivity contribution in [1.82, 2.24) is 4.67 Å². The van der Waals surface area contributed by atoms with Gasteiger partial charge in [0.15, 0.2) is 0 Å². The van der Waals surface area contributed by atoms with Crippen molar-refractivity contribution >= 4 is 42.4 Å². The van der Waals surface area contributed by atoms with Crippen molar-refractivity contribution in [2.24, 2.45) is 0 Å². The number of halogens is 1. The van der Waals surface area contributed by atoms with Crippen LogP contribution in [0.25, 0.3) is 0 Å². The standard InChI is InChI=1S/C24H25INP/c25-27(20-12-4-1-5-13-20,21-14-6-2-7-15-21,22-16-8-3-9-17-22)26-23-18-10-11-19-24(23)26/h1-9,12-17,23-24H,10-11,18-19H2/t23-,24+,26?. The first-order chi connectivity index (χ1) is 13.2. The van der Waals surface area contributed by atoms with Gasteiger partial charge in [-0.2, -0.15) is 0 Å². The molecular formula is C24H25INP. The van der Waals surface area contributed by atoms with Gasteiger partial charge in [-0.25, -0.2) is 0 Å². The Morgan fingerprint density at radius 1 is 0.593 bits per heavy atom. The van der Waals surface area contributed by atoms with Crippen molar-refractivity contribution in [3.63, 3.8) is 0 Å². The number of hydrogen-bond donors (Lipinski definition) is 0. The number of rotatable bonds is 4. The zero-order chi connectivity index (χ0) is 18.3. The van der Waals surface area contributed by atoms with E-state index in [2.05, 4.69) is 118 Å². The summed E-state index contributed by atoms with van der Waals surface area (Å²) >= 11 is 2.92. The Morgan fingerprint density at radius 3 is 1.26 bits per heavy atom. The summed E-state index contributed by atoms with van der Waals surface area (Å²) in [6.07, 6.45) is 5.44. The molecule has 0 N–H and O–H groups in total. The second-order valence-corrected chi connectivity index (χ2v) is 17.3. The predicted octanol–water partition coefficient (Wildman–Crippen LogP) is 5.41. The first kappa shape index (κ1) is 17.8. The molecule has 1 unspecified atom stereocenters. The third kappa shape index (κ3) is 2.50. The van der Waals surface area contributed by atoms with Crippen LogP contribution in [0.5, 0.6) is 0 Å². The normalized spacial score (nSPS) is 25.8. The van der Waals surface area contributed by atoms with E-state index in [-0.39, 0.29) is 0 Å². The van der Waals surface area contributed by atoms with E-state index in [0.717, 1.165) is 12.1 Å². The second kappa shape index (κ2) is 6.69. The summed E-state index contributed by atoms with van der Waals surface area (Å²) in [5.41, 5.74) is 0. The summed E-state index contributed by atoms with van der Waals surface area (Å²) in [6.45, 7) is 0. The molecule has 3 aromatic carbocycles. The van der Waals surface area contributed by atoms with E-state index in [9.17, 15) is 0 Å². The fourth-order valence-electron chi connectivity index (χ4n) is 5.18. The first-order valence-corrected chi connectivity index (χ1v) is 14.9. The van der Waals surface area contributed by atoms with Gasteiger partial charge in [0.05, 0.1) is 0 Å². The van der Waals surface area contributed by atoms with Crippen LogP contribution in [0.15, 0.2) is 91.0 Å². The van der Waals surface area contributed by atoms with Crippen molar-refractivity contribution < 1.29 is 0 Å². The van der Waals surface area contributed by atoms with Gasteiger partial charge in [-0.1, -0.05) is 0 Å². The van der Waals surface area contributed by atoms with Crippen molar-refractivity contribution in [3.05, 3.63) is 91.0 Å². The monoisotopic (exact) mass is 485 g/mol. The maximum atomic E-state index is 2.94. The van der Waals surface area contributed by atoms with E-state index in [0.29, 0.717) is 0 Å². The van der Waals surface area contributed by atoms with E-state index in [1.54, 1.807) is 0 Å². The van der Waals surface area contributed by atoms with Crippen LogP contribution in [0.1, 0.15) is 25.7 Å². The van der Waals surface area contributed by atoms with Gasteiger partial charge in [0, 0.05) is 0 Å². The quantitative estimate of drug-likeness (QED) is 0.272. The number of fused-ring (bicyclic) bond motifs is 1. The molecule has 2 fully saturated rings. The molecule has 2 aliphatic rings. The van der Waals surface area contributed by atoms with Crippen LogP contribution < -0.4 is 15.9 Å². The van der Waals surface area contributed by atoms with Crippen LogP contribution in [0, 0.1) is 0 Å². The molecule has 0 amide bonds. The molecule has 1 heterocycles. The SMILES string of the molecule is IP(c1ccccc1)(c1ccccc1)(c1ccccc1)N1[C@@H]2CCCC[C@@H]21. The molecule has 3 atom stereocenters. The van der Waals surface area contributed by atoms with Crippen LogP contribution in [0.2, 0.25) is 0 Å². The van der Waals surface area contributed by atoms with Gasteiger partial charge in [-0.15, -0.1) is 0 Å². The predicted molar refractivity (Wildman–Crippen MR) is 127 cm³/mol. The van der Waals surface area contributed by atoms with Crippen molar-refractivity contribution in [1.29, 1.82) is 0 Å². The number of hydrogen-bond acceptors (Lipinski definition) is 1. The molecule has 0 bridgehead atoms. The summed E-state index contributed by atoms with van der Waals surface area (Å²) in [4.78, 5) is 0. The molecule has 1 aliphatic carbocycles. The zero-order valence-electron chi connectivity index (χ0n) is 15.4. The Morgan fingerprint density at radius 2 is 0.926 bits per heavy atom. The molecule has 0 radical (unpaired) electrons. The third-order valence-electron chi connectivity index (χ3n) is 6.40. The van der Waals surface area contributed by atoms with Crippen LogP contribution in [0.4, 0.5) is 0 Å². The fraction of sp³-hybridized carbons (Fsp3) is 0.250. The van der Waals surface area contributed by atoms with Crippen LogP contribution in [-0.2, 0) is 0 Å². The Hall–Kier alpha value is -1.22. The molecule has 0 aromatic heterocycles. The van der Waals surface area contributed by atoms with Crippen LogP contribution in [-0.4, -0.2) is 16.8 Å². The van der Waals surface area contributed by atoms with Gasteiger partial charge < -0.3 is 0 Å². The summed E-state index contributed by atoms with van der Waals surface area (Å²) < 4.78 is 0.210. The molecule has 1 saturated heterocycles. The van der Waals surface area contributed by atoms with E-state index >= 15 is 0 Å². The Balaban J connectivity index is 1.86. The Bertz CT molecular complexity index is 817. The molecule has 3 aromatic rings. The van der Waals surface area contributed by atoms with E-state index in [4.69, 9.17) is 0 Å². The van der Waals surface area contributed by atoms with E-state index in [1.165, 1.54) is 41.6 Å². The van der Waals surface area contributed by atoms with Crippen molar-refractivity contribution in [3.8, 4) is 0 Å². The molecular weight excluding hydrogens is 460 g/mol. The average molecular weight is 485 g/mol. The molecule has 1 nitrogen and oxygen atoms in total. The molecule has 0 spiro atoms. The maximum absolute atomic E-state index is 2.94. The van der Waals surface area contributed by atoms with Crippen molar-refractivity contribution in [2.45, 2.75) is 37.8 Å². The third-order valence-corrected chi connectivity index (χ3v) is 18.1. The molecule has 1 aliphatic heterocycles. The van der Waals surface area contributed by atoms with E-state index in [1.807, 2.05) is 0 Å². The second-order valence-electron chi connectivity index (χ2n) is 7.77. The van der Waals surface area contributed by atoms with Gasteiger partial charge >= 0.3 is 176 Å². The molecule has 138 valence electrons. The number of benzene rings is 3. The topological polar surface area (TPSA) is 3.01 Å². The minimum atomic E-state index is -2.73. The minimum absolute atomic E-state index is 0.730. The van der Waals surface area contributed by atoms with Gasteiger partial charge in [0.2, 0.25) is 0 Å². The Labute approximate surface area is 175 Å². The Kier molecular flexibility index (Phi) is 4.42. The summed E-state index contributed by atoms with van der Waals surface area (Å²) in [7, 11) is 0. The van der Waals surface area contributed by atoms with Crippen LogP contribution >= 0.6 is 26.4 Å². The number of nitrogens with zero attached hydrogens (tertiary/aromatic N) is 1. The van der Waals surface area contributed by atoms with Crippen molar-refractivity contribution in [2.75, 3.05) is 0 Å². The first-order valence-electron chi connectivity index (χ1n) is 9.94. The molecule has 3 heteroatoms. The summed E-state index contributed by atoms with van der Waals surface area (Å²) in [5, 5.41) is 4.45.